The first kappa shape index (κ1) is 18.3. The van der Waals surface area contributed by atoms with E-state index in [1.54, 1.807) is 0 Å². The molecule has 1 heterocycles. The number of carbonyl (C=O) groups is 2. The second-order valence-corrected chi connectivity index (χ2v) is 4.07. The summed E-state index contributed by atoms with van der Waals surface area (Å²) in [7, 11) is 0.870. The molecule has 23 heavy (non-hydrogen) atoms. The second kappa shape index (κ2) is 6.60. The Morgan fingerprint density at radius 1 is 1.48 bits per heavy atom. The highest BCUT2D eigenvalue weighted by atomic mass is 19.4. The van der Waals surface area contributed by atoms with E-state index in [1.165, 1.54) is 0 Å². The van der Waals surface area contributed by atoms with Crippen LogP contribution in [0.1, 0.15) is 34.1 Å². The third-order valence-electron chi connectivity index (χ3n) is 2.48. The van der Waals surface area contributed by atoms with Crippen LogP contribution in [0.5, 0.6) is 0 Å². The summed E-state index contributed by atoms with van der Waals surface area (Å²) in [5.41, 5.74) is -3.27. The van der Waals surface area contributed by atoms with Gasteiger partial charge in [0, 0.05) is 0 Å². The molecule has 1 atom stereocenters. The van der Waals surface area contributed by atoms with Crippen molar-refractivity contribution in [2.24, 2.45) is 0 Å². The summed E-state index contributed by atoms with van der Waals surface area (Å²) in [6.45, 7) is -0.760. The van der Waals surface area contributed by atoms with E-state index in [0.717, 1.165) is 14.0 Å². The largest absolute Gasteiger partial charge is 0.476 e. The van der Waals surface area contributed by atoms with Gasteiger partial charge in [-0.1, -0.05) is 0 Å². The van der Waals surface area contributed by atoms with Crippen molar-refractivity contribution in [2.45, 2.75) is 19.3 Å². The predicted molar refractivity (Wildman–Crippen MR) is 63.9 cm³/mol. The lowest BCUT2D eigenvalue weighted by Crippen LogP contribution is -2.23. The SMILES string of the molecule is COC(=O)c1nn(C(C)OCC(F)(F)F)c(C(=O)O)c1[N+](=O)[O-]. The molecule has 0 aliphatic carbocycles. The molecular weight excluding hydrogens is 331 g/mol. The molecule has 1 aromatic rings. The number of nitro groups is 1. The van der Waals surface area contributed by atoms with Crippen molar-refractivity contribution in [3.63, 3.8) is 0 Å². The van der Waals surface area contributed by atoms with E-state index < -0.39 is 52.9 Å². The molecule has 0 saturated heterocycles. The standard InChI is InChI=1S/C10H10F3N3O7/c1-4(23-3-10(11,12)13)15-7(8(17)18)6(16(20)21)5(14-15)9(19)22-2/h4H,3H2,1-2H3,(H,17,18). The highest BCUT2D eigenvalue weighted by Crippen LogP contribution is 2.28. The van der Waals surface area contributed by atoms with Crippen LogP contribution in [0.4, 0.5) is 18.9 Å². The van der Waals surface area contributed by atoms with E-state index in [0.29, 0.717) is 4.68 Å². The molecule has 0 bridgehead atoms. The fraction of sp³-hybridized carbons (Fsp3) is 0.500. The van der Waals surface area contributed by atoms with Gasteiger partial charge in [0.25, 0.3) is 0 Å². The number of rotatable bonds is 6. The molecule has 1 rings (SSSR count). The molecule has 1 unspecified atom stereocenters. The van der Waals surface area contributed by atoms with Gasteiger partial charge in [0.2, 0.25) is 11.4 Å². The minimum Gasteiger partial charge on any atom is -0.476 e. The van der Waals surface area contributed by atoms with Crippen molar-refractivity contribution in [3.05, 3.63) is 21.5 Å². The van der Waals surface area contributed by atoms with Gasteiger partial charge in [-0.3, -0.25) is 10.1 Å². The molecule has 0 aliphatic heterocycles. The smallest absolute Gasteiger partial charge is 0.411 e. The summed E-state index contributed by atoms with van der Waals surface area (Å²) >= 11 is 0. The van der Waals surface area contributed by atoms with E-state index in [-0.39, 0.29) is 0 Å². The molecule has 0 amide bonds. The average Bonchev–Trinajstić information content (AvgIpc) is 2.83. The van der Waals surface area contributed by atoms with Gasteiger partial charge in [-0.15, -0.1) is 0 Å². The number of carbonyl (C=O) groups excluding carboxylic acids is 1. The first-order chi connectivity index (χ1) is 10.5. The Morgan fingerprint density at radius 3 is 2.43 bits per heavy atom. The number of carboxylic acid groups (broad SMARTS) is 1. The lowest BCUT2D eigenvalue weighted by molar-refractivity contribution is -0.385. The van der Waals surface area contributed by atoms with Gasteiger partial charge >= 0.3 is 23.8 Å². The van der Waals surface area contributed by atoms with E-state index in [4.69, 9.17) is 5.11 Å². The number of alkyl halides is 3. The van der Waals surface area contributed by atoms with Crippen molar-refractivity contribution in [1.82, 2.24) is 9.78 Å². The van der Waals surface area contributed by atoms with Crippen LogP contribution in [0.15, 0.2) is 0 Å². The number of nitrogens with zero attached hydrogens (tertiary/aromatic N) is 3. The zero-order valence-corrected chi connectivity index (χ0v) is 11.7. The van der Waals surface area contributed by atoms with Crippen LogP contribution in [0.3, 0.4) is 0 Å². The van der Waals surface area contributed by atoms with Gasteiger partial charge in [-0.2, -0.15) is 18.3 Å². The van der Waals surface area contributed by atoms with Crippen LogP contribution in [0.2, 0.25) is 0 Å². The lowest BCUT2D eigenvalue weighted by Gasteiger charge is -2.15. The molecular formula is C10H10F3N3O7. The minimum atomic E-state index is -4.71. The fourth-order valence-electron chi connectivity index (χ4n) is 1.58. The summed E-state index contributed by atoms with van der Waals surface area (Å²) in [4.78, 5) is 32.4. The van der Waals surface area contributed by atoms with Crippen molar-refractivity contribution >= 4 is 17.6 Å². The van der Waals surface area contributed by atoms with Gasteiger partial charge in [0.15, 0.2) is 0 Å². The molecule has 1 aromatic heterocycles. The second-order valence-electron chi connectivity index (χ2n) is 4.07. The molecule has 0 aliphatic rings. The van der Waals surface area contributed by atoms with Gasteiger partial charge in [-0.05, 0) is 6.92 Å². The Kier molecular flexibility index (Phi) is 5.26. The molecule has 0 aromatic carbocycles. The maximum Gasteiger partial charge on any atom is 0.411 e. The normalized spacial score (nSPS) is 12.7. The van der Waals surface area contributed by atoms with Crippen molar-refractivity contribution in [2.75, 3.05) is 13.7 Å². The molecule has 128 valence electrons. The van der Waals surface area contributed by atoms with Crippen LogP contribution in [-0.2, 0) is 9.47 Å². The zero-order valence-electron chi connectivity index (χ0n) is 11.7. The Bertz CT molecular complexity index is 640. The first-order valence-corrected chi connectivity index (χ1v) is 5.76. The Morgan fingerprint density at radius 2 is 2.04 bits per heavy atom. The van der Waals surface area contributed by atoms with E-state index in [1.807, 2.05) is 0 Å². The van der Waals surface area contributed by atoms with E-state index in [9.17, 15) is 32.9 Å². The zero-order chi connectivity index (χ0) is 17.9. The predicted octanol–water partition coefficient (Wildman–Crippen LogP) is 1.37. The molecule has 0 fully saturated rings. The molecule has 0 saturated carbocycles. The van der Waals surface area contributed by atoms with Crippen LogP contribution < -0.4 is 0 Å². The maximum atomic E-state index is 12.1. The number of halogens is 3. The molecule has 0 radical (unpaired) electrons. The summed E-state index contributed by atoms with van der Waals surface area (Å²) in [5.74, 6) is -3.19. The van der Waals surface area contributed by atoms with Crippen molar-refractivity contribution < 1.29 is 42.3 Å². The van der Waals surface area contributed by atoms with Crippen LogP contribution in [0.25, 0.3) is 0 Å². The summed E-state index contributed by atoms with van der Waals surface area (Å²) < 4.78 is 45.3. The van der Waals surface area contributed by atoms with Crippen LogP contribution in [0, 0.1) is 10.1 Å². The van der Waals surface area contributed by atoms with Gasteiger partial charge in [0.05, 0.1) is 12.0 Å². The number of ether oxygens (including phenoxy) is 2. The van der Waals surface area contributed by atoms with Crippen molar-refractivity contribution in [1.29, 1.82) is 0 Å². The summed E-state index contributed by atoms with van der Waals surface area (Å²) in [6.07, 6.45) is -6.35. The van der Waals surface area contributed by atoms with Gasteiger partial charge in [0.1, 0.15) is 12.8 Å². The molecule has 0 spiro atoms. The third kappa shape index (κ3) is 4.15. The number of methoxy groups -OCH3 is 1. The maximum absolute atomic E-state index is 12.1. The number of aromatic carboxylic acids is 1. The topological polar surface area (TPSA) is 134 Å². The van der Waals surface area contributed by atoms with E-state index >= 15 is 0 Å². The Labute approximate surface area is 125 Å². The highest BCUT2D eigenvalue weighted by Gasteiger charge is 2.39. The van der Waals surface area contributed by atoms with Gasteiger partial charge < -0.3 is 14.6 Å². The molecule has 13 heteroatoms. The van der Waals surface area contributed by atoms with E-state index in [2.05, 4.69) is 14.6 Å². The number of hydrogen-bond donors (Lipinski definition) is 1. The highest BCUT2D eigenvalue weighted by molar-refractivity contribution is 5.99. The lowest BCUT2D eigenvalue weighted by atomic mass is 10.3. The van der Waals surface area contributed by atoms with Crippen LogP contribution >= 0.6 is 0 Å². The fourth-order valence-corrected chi connectivity index (χ4v) is 1.58. The number of hydrogen-bond acceptors (Lipinski definition) is 7. The van der Waals surface area contributed by atoms with Crippen molar-refractivity contribution in [3.8, 4) is 0 Å². The monoisotopic (exact) mass is 341 g/mol. The molecule has 1 N–H and O–H groups in total. The minimum absolute atomic E-state index is 0.304. The Balaban J connectivity index is 3.39. The number of carboxylic acids is 1. The molecule has 10 nitrogen and oxygen atoms in total. The number of esters is 1. The quantitative estimate of drug-likeness (QED) is 0.466. The summed E-state index contributed by atoms with van der Waals surface area (Å²) in [6, 6.07) is 0. The first-order valence-electron chi connectivity index (χ1n) is 5.76. The van der Waals surface area contributed by atoms with Crippen LogP contribution in [-0.4, -0.2) is 51.6 Å². The van der Waals surface area contributed by atoms with Gasteiger partial charge in [-0.25, -0.2) is 14.3 Å². The average molecular weight is 341 g/mol. The number of aromatic nitrogens is 2. The third-order valence-corrected chi connectivity index (χ3v) is 2.48. The Hall–Kier alpha value is -2.70. The summed E-state index contributed by atoms with van der Waals surface area (Å²) in [5, 5.41) is 23.4.